The van der Waals surface area contributed by atoms with Gasteiger partial charge >= 0.3 is 12.1 Å². The number of hydrogen-bond donors (Lipinski definition) is 1. The molecule has 1 fully saturated rings. The van der Waals surface area contributed by atoms with Gasteiger partial charge < -0.3 is 14.7 Å². The fraction of sp³-hybridized carbons (Fsp3) is 0.457. The number of pyridine rings is 1. The van der Waals surface area contributed by atoms with Crippen LogP contribution in [0.25, 0.3) is 27.7 Å². The molecule has 49 heavy (non-hydrogen) atoms. The number of aromatic nitrogens is 6. The van der Waals surface area contributed by atoms with E-state index in [1.54, 1.807) is 75.7 Å². The number of fused-ring (bicyclic) bond motifs is 1. The van der Waals surface area contributed by atoms with Gasteiger partial charge in [-0.15, -0.1) is 0 Å². The quantitative estimate of drug-likeness (QED) is 0.208. The first-order chi connectivity index (χ1) is 23.1. The Morgan fingerprint density at radius 2 is 1.88 bits per heavy atom. The summed E-state index contributed by atoms with van der Waals surface area (Å²) in [5.41, 5.74) is 4.13. The third-order valence-corrected chi connectivity index (χ3v) is 11.1. The van der Waals surface area contributed by atoms with Crippen molar-refractivity contribution in [3.63, 3.8) is 0 Å². The number of carboxylic acids is 1. The number of amides is 1. The summed E-state index contributed by atoms with van der Waals surface area (Å²) >= 11 is 0. The van der Waals surface area contributed by atoms with Crippen LogP contribution in [0.15, 0.2) is 55.1 Å². The Morgan fingerprint density at radius 1 is 1.12 bits per heavy atom. The molecule has 0 spiro atoms. The molecule has 2 aliphatic carbocycles. The number of nitrogens with zero attached hydrogens (tertiary/aromatic N) is 7. The Labute approximate surface area is 285 Å². The van der Waals surface area contributed by atoms with Gasteiger partial charge in [-0.05, 0) is 71.1 Å². The van der Waals surface area contributed by atoms with Crippen LogP contribution in [-0.2, 0) is 39.7 Å². The van der Waals surface area contributed by atoms with E-state index in [0.717, 1.165) is 35.2 Å². The van der Waals surface area contributed by atoms with E-state index in [4.69, 9.17) is 14.9 Å². The second kappa shape index (κ2) is 12.6. The molecular weight excluding hydrogens is 646 g/mol. The van der Waals surface area contributed by atoms with Gasteiger partial charge in [-0.3, -0.25) is 14.2 Å². The Kier molecular flexibility index (Phi) is 8.80. The fourth-order valence-electron chi connectivity index (χ4n) is 6.19. The summed E-state index contributed by atoms with van der Waals surface area (Å²) in [4.78, 5) is 29.8. The lowest BCUT2D eigenvalue weighted by atomic mass is 9.93. The first-order valence-corrected chi connectivity index (χ1v) is 17.9. The number of allylic oxidation sites excluding steroid dienone is 3. The monoisotopic (exact) mass is 689 g/mol. The minimum atomic E-state index is -4.09. The molecular formula is C35H43N7O6S. The maximum absolute atomic E-state index is 14.8. The largest absolute Gasteiger partial charge is 0.481 e. The maximum Gasteiger partial charge on any atom is 0.410 e. The average molecular weight is 690 g/mol. The molecule has 260 valence electrons. The lowest BCUT2D eigenvalue weighted by Crippen LogP contribution is -2.38. The summed E-state index contributed by atoms with van der Waals surface area (Å²) in [6.45, 7) is 7.74. The molecule has 0 saturated heterocycles. The van der Waals surface area contributed by atoms with Gasteiger partial charge in [-0.1, -0.05) is 18.2 Å². The van der Waals surface area contributed by atoms with Crippen molar-refractivity contribution in [1.82, 2.24) is 33.4 Å². The van der Waals surface area contributed by atoms with E-state index >= 15 is 0 Å². The molecule has 1 N–H and O–H groups in total. The smallest absolute Gasteiger partial charge is 0.410 e. The number of ether oxygens (including phenoxy) is 1. The average Bonchev–Trinajstić information content (AvgIpc) is 3.50. The fourth-order valence-corrected chi connectivity index (χ4v) is 7.84. The van der Waals surface area contributed by atoms with Crippen LogP contribution < -0.4 is 0 Å². The summed E-state index contributed by atoms with van der Waals surface area (Å²) in [6.07, 6.45) is 14.7. The van der Waals surface area contributed by atoms with Crippen molar-refractivity contribution < 1.29 is 27.9 Å². The molecule has 1 atom stereocenters. The van der Waals surface area contributed by atoms with Gasteiger partial charge in [0.15, 0.2) is 5.65 Å². The van der Waals surface area contributed by atoms with Crippen LogP contribution in [0.4, 0.5) is 4.79 Å². The van der Waals surface area contributed by atoms with Crippen LogP contribution >= 0.6 is 0 Å². The first kappa shape index (κ1) is 34.2. The van der Waals surface area contributed by atoms with Gasteiger partial charge in [0.05, 0.1) is 17.9 Å². The van der Waals surface area contributed by atoms with Crippen molar-refractivity contribution in [1.29, 1.82) is 0 Å². The SMILES string of the molecule is CN(Cc1nn(C)cc1C1=CC(C)(S(=O)(=O)n2cc(-c3cn(CCCC(=O)O)nc3C3CC3)c3cccnc32)CC=C1)C(=O)OC(C)(C)C. The number of aliphatic carboxylic acids is 1. The highest BCUT2D eigenvalue weighted by Gasteiger charge is 2.41. The molecule has 0 aliphatic heterocycles. The highest BCUT2D eigenvalue weighted by molar-refractivity contribution is 7.91. The van der Waals surface area contributed by atoms with Crippen LogP contribution in [0.1, 0.15) is 82.7 Å². The number of carbonyl (C=O) groups excluding carboxylic acids is 1. The van der Waals surface area contributed by atoms with Crippen molar-refractivity contribution in [2.75, 3.05) is 7.05 Å². The first-order valence-electron chi connectivity index (χ1n) is 16.4. The summed E-state index contributed by atoms with van der Waals surface area (Å²) in [5, 5.41) is 19.2. The molecule has 4 heterocycles. The lowest BCUT2D eigenvalue weighted by molar-refractivity contribution is -0.137. The third-order valence-electron chi connectivity index (χ3n) is 8.79. The molecule has 1 saturated carbocycles. The van der Waals surface area contributed by atoms with Crippen molar-refractivity contribution in [3.05, 3.63) is 72.1 Å². The predicted octanol–water partition coefficient (Wildman–Crippen LogP) is 5.72. The second-order valence-electron chi connectivity index (χ2n) is 14.2. The molecule has 14 heteroatoms. The molecule has 0 radical (unpaired) electrons. The van der Waals surface area contributed by atoms with Gasteiger partial charge in [0.25, 0.3) is 0 Å². The third kappa shape index (κ3) is 6.91. The molecule has 4 aromatic heterocycles. The molecule has 0 aromatic carbocycles. The van der Waals surface area contributed by atoms with Crippen LogP contribution in [0, 0.1) is 0 Å². The molecule has 0 bridgehead atoms. The van der Waals surface area contributed by atoms with E-state index in [1.807, 2.05) is 30.6 Å². The minimum absolute atomic E-state index is 0.0406. The minimum Gasteiger partial charge on any atom is -0.481 e. The topological polar surface area (TPSA) is 154 Å². The van der Waals surface area contributed by atoms with Crippen molar-refractivity contribution >= 4 is 38.7 Å². The van der Waals surface area contributed by atoms with E-state index in [0.29, 0.717) is 35.3 Å². The predicted molar refractivity (Wildman–Crippen MR) is 185 cm³/mol. The standard InChI is InChI=1S/C35H43N7O6S/c1-34(2,3)48-33(45)39(5)22-29-26(19-40(6)37-29)24-10-7-15-35(4,18-24)49(46,47)42-21-27(25-11-8-16-36-32(25)42)28-20-41(17-9-12-30(43)44)38-31(28)23-13-14-23/h7-8,10-11,16,18-21,23H,9,12-15,17,22H2,1-6H3,(H,43,44). The van der Waals surface area contributed by atoms with Crippen LogP contribution in [0.5, 0.6) is 0 Å². The highest BCUT2D eigenvalue weighted by atomic mass is 32.2. The van der Waals surface area contributed by atoms with E-state index in [2.05, 4.69) is 10.1 Å². The van der Waals surface area contributed by atoms with Crippen molar-refractivity contribution in [2.45, 2.75) is 89.2 Å². The Morgan fingerprint density at radius 3 is 2.57 bits per heavy atom. The zero-order chi connectivity index (χ0) is 35.3. The van der Waals surface area contributed by atoms with Crippen LogP contribution in [0.3, 0.4) is 0 Å². The zero-order valence-electron chi connectivity index (χ0n) is 28.8. The van der Waals surface area contributed by atoms with E-state index < -0.39 is 32.4 Å². The highest BCUT2D eigenvalue weighted by Crippen LogP contribution is 2.46. The van der Waals surface area contributed by atoms with Crippen LogP contribution in [-0.4, -0.2) is 76.4 Å². The summed E-state index contributed by atoms with van der Waals surface area (Å²) in [5.74, 6) is -0.581. The van der Waals surface area contributed by atoms with Gasteiger partial charge in [-0.2, -0.15) is 10.2 Å². The summed E-state index contributed by atoms with van der Waals surface area (Å²) in [6, 6.07) is 3.66. The maximum atomic E-state index is 14.8. The Bertz CT molecular complexity index is 2090. The molecule has 1 amide bonds. The molecule has 4 aromatic rings. The van der Waals surface area contributed by atoms with E-state index in [1.165, 1.54) is 8.87 Å². The van der Waals surface area contributed by atoms with Gasteiger partial charge in [0.2, 0.25) is 10.0 Å². The number of carbonyl (C=O) groups is 2. The van der Waals surface area contributed by atoms with E-state index in [-0.39, 0.29) is 25.3 Å². The molecule has 13 nitrogen and oxygen atoms in total. The molecule has 1 unspecified atom stereocenters. The molecule has 2 aliphatic rings. The zero-order valence-corrected chi connectivity index (χ0v) is 29.6. The Balaban J connectivity index is 1.37. The summed E-state index contributed by atoms with van der Waals surface area (Å²) < 4.78 is 38.4. The van der Waals surface area contributed by atoms with Crippen molar-refractivity contribution in [3.8, 4) is 11.1 Å². The van der Waals surface area contributed by atoms with Crippen molar-refractivity contribution in [2.24, 2.45) is 7.05 Å². The number of carboxylic acid groups (broad SMARTS) is 1. The van der Waals surface area contributed by atoms with Gasteiger partial charge in [0, 0.05) is 79.8 Å². The van der Waals surface area contributed by atoms with Gasteiger partial charge in [0.1, 0.15) is 10.3 Å². The number of hydrogen-bond acceptors (Lipinski definition) is 8. The lowest BCUT2D eigenvalue weighted by Gasteiger charge is -2.29. The van der Waals surface area contributed by atoms with E-state index in [9.17, 15) is 18.0 Å². The van der Waals surface area contributed by atoms with Gasteiger partial charge in [-0.25, -0.2) is 22.2 Å². The number of rotatable bonds is 11. The van der Waals surface area contributed by atoms with Crippen LogP contribution in [0.2, 0.25) is 0 Å². The molecule has 6 rings (SSSR count). The summed E-state index contributed by atoms with van der Waals surface area (Å²) in [7, 11) is -0.665. The number of aryl methyl sites for hydroxylation is 2. The normalized spacial score (nSPS) is 18.1. The second-order valence-corrected chi connectivity index (χ2v) is 16.5. The Hall–Kier alpha value is -4.72.